The van der Waals surface area contributed by atoms with Crippen molar-refractivity contribution < 1.29 is 18.7 Å². The number of halogens is 1. The van der Waals surface area contributed by atoms with Crippen LogP contribution in [0, 0.1) is 5.82 Å². The first-order chi connectivity index (χ1) is 11.5. The zero-order valence-corrected chi connectivity index (χ0v) is 12.7. The van der Waals surface area contributed by atoms with Crippen molar-refractivity contribution >= 4 is 29.5 Å². The van der Waals surface area contributed by atoms with Gasteiger partial charge in [-0.2, -0.15) is 0 Å². The Kier molecular flexibility index (Phi) is 4.20. The molecule has 0 saturated heterocycles. The van der Waals surface area contributed by atoms with E-state index in [9.17, 15) is 14.0 Å². The number of esters is 1. The standard InChI is InChI=1S/C18H13FN2O3/c1-11(22)20-15-7-5-13(6-8-15)17-21-16(18(23)24-17)10-12-3-2-4-14(19)9-12/h2-10H,1H3,(H,20,22)/b16-10-. The maximum Gasteiger partial charge on any atom is 0.363 e. The average Bonchev–Trinajstić information content (AvgIpc) is 2.88. The molecule has 1 heterocycles. The first kappa shape index (κ1) is 15.6. The lowest BCUT2D eigenvalue weighted by atomic mass is 10.2. The molecule has 0 unspecified atom stereocenters. The molecule has 0 spiro atoms. The molecule has 1 aliphatic heterocycles. The number of hydrogen-bond acceptors (Lipinski definition) is 4. The minimum Gasteiger partial charge on any atom is -0.402 e. The average molecular weight is 324 g/mol. The number of ether oxygens (including phenoxy) is 1. The molecule has 0 radical (unpaired) electrons. The fourth-order valence-electron chi connectivity index (χ4n) is 2.19. The predicted octanol–water partition coefficient (Wildman–Crippen LogP) is 3.13. The van der Waals surface area contributed by atoms with E-state index >= 15 is 0 Å². The van der Waals surface area contributed by atoms with Crippen molar-refractivity contribution in [1.82, 2.24) is 0 Å². The summed E-state index contributed by atoms with van der Waals surface area (Å²) >= 11 is 0. The summed E-state index contributed by atoms with van der Waals surface area (Å²) in [6.45, 7) is 1.42. The fraction of sp³-hybridized carbons (Fsp3) is 0.0556. The van der Waals surface area contributed by atoms with Gasteiger partial charge in [0.05, 0.1) is 0 Å². The Morgan fingerprint density at radius 1 is 1.21 bits per heavy atom. The lowest BCUT2D eigenvalue weighted by Crippen LogP contribution is -2.07. The number of carbonyl (C=O) groups excluding carboxylic acids is 2. The largest absolute Gasteiger partial charge is 0.402 e. The highest BCUT2D eigenvalue weighted by Crippen LogP contribution is 2.20. The lowest BCUT2D eigenvalue weighted by molar-refractivity contribution is -0.129. The monoisotopic (exact) mass is 324 g/mol. The molecular weight excluding hydrogens is 311 g/mol. The number of carbonyl (C=O) groups is 2. The van der Waals surface area contributed by atoms with Crippen LogP contribution in [0.25, 0.3) is 6.08 Å². The van der Waals surface area contributed by atoms with Gasteiger partial charge in [-0.1, -0.05) is 12.1 Å². The molecule has 0 aromatic heterocycles. The summed E-state index contributed by atoms with van der Waals surface area (Å²) in [4.78, 5) is 27.1. The molecule has 0 fully saturated rings. The summed E-state index contributed by atoms with van der Waals surface area (Å²) in [5.41, 5.74) is 1.85. The lowest BCUT2D eigenvalue weighted by Gasteiger charge is -2.03. The van der Waals surface area contributed by atoms with E-state index in [-0.39, 0.29) is 17.5 Å². The summed E-state index contributed by atoms with van der Waals surface area (Å²) in [6.07, 6.45) is 1.46. The van der Waals surface area contributed by atoms with Gasteiger partial charge in [0.2, 0.25) is 11.8 Å². The molecule has 120 valence electrons. The molecular formula is C18H13FN2O3. The summed E-state index contributed by atoms with van der Waals surface area (Å²) in [5.74, 6) is -1.00. The number of benzene rings is 2. The first-order valence-electron chi connectivity index (χ1n) is 7.17. The van der Waals surface area contributed by atoms with E-state index in [2.05, 4.69) is 10.3 Å². The fourth-order valence-corrected chi connectivity index (χ4v) is 2.19. The van der Waals surface area contributed by atoms with Crippen molar-refractivity contribution in [2.24, 2.45) is 4.99 Å². The summed E-state index contributed by atoms with van der Waals surface area (Å²) in [6, 6.07) is 12.6. The van der Waals surface area contributed by atoms with Crippen LogP contribution in [0.5, 0.6) is 0 Å². The third-order valence-corrected chi connectivity index (χ3v) is 3.22. The number of nitrogens with zero attached hydrogens (tertiary/aromatic N) is 1. The van der Waals surface area contributed by atoms with Gasteiger partial charge in [-0.3, -0.25) is 4.79 Å². The Hall–Kier alpha value is -3.28. The number of amides is 1. The molecule has 2 aromatic carbocycles. The molecule has 0 saturated carbocycles. The number of nitrogens with one attached hydrogen (secondary N) is 1. The molecule has 1 amide bonds. The summed E-state index contributed by atoms with van der Waals surface area (Å²) in [5, 5.41) is 2.64. The van der Waals surface area contributed by atoms with E-state index in [4.69, 9.17) is 4.74 Å². The molecule has 6 heteroatoms. The molecule has 0 atom stereocenters. The minimum absolute atomic E-state index is 0.0986. The van der Waals surface area contributed by atoms with Crippen molar-refractivity contribution in [3.05, 3.63) is 71.2 Å². The topological polar surface area (TPSA) is 67.8 Å². The molecule has 0 bridgehead atoms. The van der Waals surface area contributed by atoms with Crippen LogP contribution in [0.2, 0.25) is 0 Å². The van der Waals surface area contributed by atoms with E-state index in [0.717, 1.165) is 0 Å². The van der Waals surface area contributed by atoms with Gasteiger partial charge in [0.1, 0.15) is 5.82 Å². The number of rotatable bonds is 3. The number of anilines is 1. The molecule has 5 nitrogen and oxygen atoms in total. The second-order valence-electron chi connectivity index (χ2n) is 5.15. The summed E-state index contributed by atoms with van der Waals surface area (Å²) < 4.78 is 18.3. The van der Waals surface area contributed by atoms with E-state index in [1.54, 1.807) is 36.4 Å². The molecule has 24 heavy (non-hydrogen) atoms. The van der Waals surface area contributed by atoms with Gasteiger partial charge >= 0.3 is 5.97 Å². The molecule has 2 aromatic rings. The summed E-state index contributed by atoms with van der Waals surface area (Å²) in [7, 11) is 0. The Morgan fingerprint density at radius 2 is 1.96 bits per heavy atom. The van der Waals surface area contributed by atoms with Crippen molar-refractivity contribution in [2.75, 3.05) is 5.32 Å². The van der Waals surface area contributed by atoms with E-state index < -0.39 is 11.8 Å². The number of aliphatic imine (C=N–C) groups is 1. The van der Waals surface area contributed by atoms with Crippen LogP contribution in [-0.2, 0) is 14.3 Å². The van der Waals surface area contributed by atoms with Crippen LogP contribution in [0.1, 0.15) is 18.1 Å². The van der Waals surface area contributed by atoms with Crippen LogP contribution in [0.4, 0.5) is 10.1 Å². The van der Waals surface area contributed by atoms with Gasteiger partial charge < -0.3 is 10.1 Å². The van der Waals surface area contributed by atoms with Crippen LogP contribution in [-0.4, -0.2) is 17.8 Å². The normalized spacial score (nSPS) is 15.2. The zero-order chi connectivity index (χ0) is 17.1. The van der Waals surface area contributed by atoms with E-state index in [1.807, 2.05) is 0 Å². The van der Waals surface area contributed by atoms with Crippen LogP contribution >= 0.6 is 0 Å². The van der Waals surface area contributed by atoms with Crippen LogP contribution < -0.4 is 5.32 Å². The van der Waals surface area contributed by atoms with Crippen molar-refractivity contribution in [1.29, 1.82) is 0 Å². The smallest absolute Gasteiger partial charge is 0.363 e. The Labute approximate surface area is 137 Å². The molecule has 0 aliphatic carbocycles. The maximum atomic E-state index is 13.2. The molecule has 1 N–H and O–H groups in total. The van der Waals surface area contributed by atoms with Crippen molar-refractivity contribution in [2.45, 2.75) is 6.92 Å². The Balaban J connectivity index is 1.85. The number of cyclic esters (lactones) is 1. The first-order valence-corrected chi connectivity index (χ1v) is 7.17. The van der Waals surface area contributed by atoms with Gasteiger partial charge in [0.15, 0.2) is 5.70 Å². The maximum absolute atomic E-state index is 13.2. The SMILES string of the molecule is CC(=O)Nc1ccc(C2=N/C(=C\c3cccc(F)c3)C(=O)O2)cc1. The van der Waals surface area contributed by atoms with Gasteiger partial charge in [-0.15, -0.1) is 0 Å². The van der Waals surface area contributed by atoms with Crippen LogP contribution in [0.15, 0.2) is 59.2 Å². The van der Waals surface area contributed by atoms with Gasteiger partial charge in [-0.25, -0.2) is 14.2 Å². The van der Waals surface area contributed by atoms with Crippen molar-refractivity contribution in [3.63, 3.8) is 0 Å². The van der Waals surface area contributed by atoms with Crippen LogP contribution in [0.3, 0.4) is 0 Å². The highest BCUT2D eigenvalue weighted by atomic mass is 19.1. The molecule has 1 aliphatic rings. The second-order valence-corrected chi connectivity index (χ2v) is 5.15. The van der Waals surface area contributed by atoms with Gasteiger partial charge in [-0.05, 0) is 48.0 Å². The minimum atomic E-state index is -0.597. The zero-order valence-electron chi connectivity index (χ0n) is 12.7. The second kappa shape index (κ2) is 6.45. The van der Waals surface area contributed by atoms with E-state index in [1.165, 1.54) is 25.1 Å². The van der Waals surface area contributed by atoms with Crippen molar-refractivity contribution in [3.8, 4) is 0 Å². The number of hydrogen-bond donors (Lipinski definition) is 1. The molecule has 3 rings (SSSR count). The third-order valence-electron chi connectivity index (χ3n) is 3.22. The third kappa shape index (κ3) is 3.55. The van der Waals surface area contributed by atoms with E-state index in [0.29, 0.717) is 16.8 Å². The Morgan fingerprint density at radius 3 is 2.62 bits per heavy atom. The highest BCUT2D eigenvalue weighted by molar-refractivity contribution is 6.13. The van der Waals surface area contributed by atoms with Gasteiger partial charge in [0.25, 0.3) is 0 Å². The quantitative estimate of drug-likeness (QED) is 0.697. The predicted molar refractivity (Wildman–Crippen MR) is 87.8 cm³/mol. The van der Waals surface area contributed by atoms with Gasteiger partial charge in [0, 0.05) is 18.2 Å². The Bertz CT molecular complexity index is 870. The highest BCUT2D eigenvalue weighted by Gasteiger charge is 2.24.